The van der Waals surface area contributed by atoms with E-state index in [1.165, 1.54) is 0 Å². The number of para-hydroxylation sites is 2. The van der Waals surface area contributed by atoms with E-state index < -0.39 is 11.5 Å². The molecule has 2 aliphatic rings. The van der Waals surface area contributed by atoms with Gasteiger partial charge in [0.1, 0.15) is 11.3 Å². The lowest BCUT2D eigenvalue weighted by molar-refractivity contribution is -0.145. The number of piperidine rings is 1. The van der Waals surface area contributed by atoms with Crippen LogP contribution in [0, 0.1) is 5.92 Å². The average Bonchev–Trinajstić information content (AvgIpc) is 2.86. The lowest BCUT2D eigenvalue weighted by Crippen LogP contribution is -2.57. The number of carboxylic acids is 1. The van der Waals surface area contributed by atoms with E-state index in [-0.39, 0.29) is 5.92 Å². The van der Waals surface area contributed by atoms with Crippen molar-refractivity contribution in [3.8, 4) is 5.75 Å². The zero-order valence-corrected chi connectivity index (χ0v) is 11.6. The van der Waals surface area contributed by atoms with E-state index >= 15 is 0 Å². The molecule has 0 amide bonds. The molecule has 0 aliphatic carbocycles. The number of nitrogens with one attached hydrogen (secondary N) is 1. The summed E-state index contributed by atoms with van der Waals surface area (Å²) in [4.78, 5) is 14.3. The van der Waals surface area contributed by atoms with Gasteiger partial charge in [-0.2, -0.15) is 0 Å². The molecule has 0 aromatic heterocycles. The molecule has 2 N–H and O–H groups in total. The molecule has 2 saturated heterocycles. The first kappa shape index (κ1) is 13.2. The summed E-state index contributed by atoms with van der Waals surface area (Å²) in [6, 6.07) is 7.51. The van der Waals surface area contributed by atoms with Gasteiger partial charge in [0, 0.05) is 19.0 Å². The Morgan fingerprint density at radius 3 is 3.00 bits per heavy atom. The van der Waals surface area contributed by atoms with Crippen LogP contribution in [-0.4, -0.2) is 48.3 Å². The number of carbonyl (C=O) groups is 1. The molecule has 1 aromatic rings. The fourth-order valence-electron chi connectivity index (χ4n) is 3.46. The molecule has 20 heavy (non-hydrogen) atoms. The summed E-state index contributed by atoms with van der Waals surface area (Å²) in [6.07, 6.45) is 1.57. The van der Waals surface area contributed by atoms with Gasteiger partial charge in [-0.05, 0) is 31.5 Å². The second-order valence-corrected chi connectivity index (χ2v) is 5.64. The molecule has 2 aliphatic heterocycles. The summed E-state index contributed by atoms with van der Waals surface area (Å²) < 4.78 is 5.33. The molecule has 3 atom stereocenters. The number of benzene rings is 1. The zero-order valence-electron chi connectivity index (χ0n) is 11.6. The molecule has 3 rings (SSSR count). The van der Waals surface area contributed by atoms with Gasteiger partial charge in [0.15, 0.2) is 0 Å². The Morgan fingerprint density at radius 1 is 1.45 bits per heavy atom. The van der Waals surface area contributed by atoms with Crippen LogP contribution >= 0.6 is 0 Å². The maximum atomic E-state index is 11.9. The van der Waals surface area contributed by atoms with Crippen LogP contribution in [0.15, 0.2) is 24.3 Å². The third kappa shape index (κ3) is 2.02. The van der Waals surface area contributed by atoms with E-state index in [1.54, 1.807) is 7.11 Å². The Labute approximate surface area is 118 Å². The van der Waals surface area contributed by atoms with E-state index in [1.807, 2.05) is 24.3 Å². The first-order valence-electron chi connectivity index (χ1n) is 7.02. The molecule has 5 nitrogen and oxygen atoms in total. The highest BCUT2D eigenvalue weighted by atomic mass is 16.5. The zero-order chi connectivity index (χ0) is 14.2. The van der Waals surface area contributed by atoms with Crippen molar-refractivity contribution in [2.45, 2.75) is 18.4 Å². The summed E-state index contributed by atoms with van der Waals surface area (Å²) >= 11 is 0. The third-order valence-electron chi connectivity index (χ3n) is 4.64. The van der Waals surface area contributed by atoms with Gasteiger partial charge in [0.2, 0.25) is 0 Å². The van der Waals surface area contributed by atoms with Crippen LogP contribution < -0.4 is 10.1 Å². The number of hydrogen-bond donors (Lipinski definition) is 2. The first-order chi connectivity index (χ1) is 9.65. The molecule has 3 unspecified atom stereocenters. The SMILES string of the molecule is COc1ccccc1NC1(C(=O)O)CCN2CCC1C2. The van der Waals surface area contributed by atoms with Crippen LogP contribution in [0.25, 0.3) is 0 Å². The van der Waals surface area contributed by atoms with Gasteiger partial charge >= 0.3 is 5.97 Å². The quantitative estimate of drug-likeness (QED) is 0.875. The fraction of sp³-hybridized carbons (Fsp3) is 0.533. The second kappa shape index (κ2) is 4.98. The standard InChI is InChI=1S/C15H20N2O3/c1-20-13-5-3-2-4-12(13)16-15(14(18)19)7-9-17-8-6-11(15)10-17/h2-5,11,16H,6-10H2,1H3,(H,18,19). The highest BCUT2D eigenvalue weighted by Gasteiger charge is 2.51. The van der Waals surface area contributed by atoms with Gasteiger partial charge in [-0.3, -0.25) is 0 Å². The number of hydrogen-bond acceptors (Lipinski definition) is 4. The monoisotopic (exact) mass is 276 g/mol. The highest BCUT2D eigenvalue weighted by molar-refractivity contribution is 5.84. The molecule has 5 heteroatoms. The number of rotatable bonds is 4. The summed E-state index contributed by atoms with van der Waals surface area (Å²) in [5, 5.41) is 13.1. The molecule has 108 valence electrons. The summed E-state index contributed by atoms with van der Waals surface area (Å²) in [5.74, 6) is 0.0853. The van der Waals surface area contributed by atoms with E-state index in [4.69, 9.17) is 4.74 Å². The van der Waals surface area contributed by atoms with Crippen molar-refractivity contribution >= 4 is 11.7 Å². The smallest absolute Gasteiger partial charge is 0.329 e. The molecular weight excluding hydrogens is 256 g/mol. The van der Waals surface area contributed by atoms with Crippen molar-refractivity contribution in [2.75, 3.05) is 32.1 Å². The Morgan fingerprint density at radius 2 is 2.25 bits per heavy atom. The predicted octanol–water partition coefficient (Wildman–Crippen LogP) is 1.66. The second-order valence-electron chi connectivity index (χ2n) is 5.64. The van der Waals surface area contributed by atoms with Crippen LogP contribution in [0.5, 0.6) is 5.75 Å². The maximum absolute atomic E-state index is 11.9. The third-order valence-corrected chi connectivity index (χ3v) is 4.64. The van der Waals surface area contributed by atoms with Gasteiger partial charge in [0.05, 0.1) is 12.8 Å². The number of methoxy groups -OCH3 is 1. The topological polar surface area (TPSA) is 61.8 Å². The number of fused-ring (bicyclic) bond motifs is 2. The lowest BCUT2D eigenvalue weighted by atomic mass is 9.78. The van der Waals surface area contributed by atoms with Gasteiger partial charge in [-0.25, -0.2) is 4.79 Å². The van der Waals surface area contributed by atoms with E-state index in [2.05, 4.69) is 10.2 Å². The molecule has 2 fully saturated rings. The summed E-state index contributed by atoms with van der Waals surface area (Å²) in [5.41, 5.74) is -0.112. The Hall–Kier alpha value is -1.75. The molecule has 0 spiro atoms. The van der Waals surface area contributed by atoms with Gasteiger partial charge in [0.25, 0.3) is 0 Å². The molecule has 2 bridgehead atoms. The summed E-state index contributed by atoms with van der Waals surface area (Å²) in [7, 11) is 1.60. The molecule has 2 heterocycles. The Kier molecular flexibility index (Phi) is 3.30. The molecule has 0 saturated carbocycles. The Bertz CT molecular complexity index is 520. The van der Waals surface area contributed by atoms with Crippen molar-refractivity contribution in [1.29, 1.82) is 0 Å². The van der Waals surface area contributed by atoms with E-state index in [0.717, 1.165) is 31.7 Å². The van der Waals surface area contributed by atoms with E-state index in [0.29, 0.717) is 12.2 Å². The van der Waals surface area contributed by atoms with Gasteiger partial charge in [-0.15, -0.1) is 0 Å². The predicted molar refractivity (Wildman–Crippen MR) is 76.1 cm³/mol. The number of carboxylic acid groups (broad SMARTS) is 1. The van der Waals surface area contributed by atoms with Crippen LogP contribution in [0.1, 0.15) is 12.8 Å². The lowest BCUT2D eigenvalue weighted by Gasteiger charge is -2.41. The van der Waals surface area contributed by atoms with Gasteiger partial charge < -0.3 is 20.1 Å². The largest absolute Gasteiger partial charge is 0.495 e. The molecule has 0 radical (unpaired) electrons. The molecule has 1 aromatic carbocycles. The van der Waals surface area contributed by atoms with Crippen molar-refractivity contribution < 1.29 is 14.6 Å². The minimum atomic E-state index is -0.873. The van der Waals surface area contributed by atoms with Gasteiger partial charge in [-0.1, -0.05) is 12.1 Å². The van der Waals surface area contributed by atoms with Crippen molar-refractivity contribution in [2.24, 2.45) is 5.92 Å². The number of ether oxygens (including phenoxy) is 1. The fourth-order valence-corrected chi connectivity index (χ4v) is 3.46. The van der Waals surface area contributed by atoms with Crippen molar-refractivity contribution in [3.63, 3.8) is 0 Å². The van der Waals surface area contributed by atoms with Crippen LogP contribution in [0.2, 0.25) is 0 Å². The first-order valence-corrected chi connectivity index (χ1v) is 7.02. The summed E-state index contributed by atoms with van der Waals surface area (Å²) in [6.45, 7) is 2.71. The minimum absolute atomic E-state index is 0.152. The van der Waals surface area contributed by atoms with Crippen LogP contribution in [-0.2, 0) is 4.79 Å². The minimum Gasteiger partial charge on any atom is -0.495 e. The number of anilines is 1. The van der Waals surface area contributed by atoms with E-state index in [9.17, 15) is 9.90 Å². The Balaban J connectivity index is 1.93. The van der Waals surface area contributed by atoms with Crippen molar-refractivity contribution in [1.82, 2.24) is 4.90 Å². The van der Waals surface area contributed by atoms with Crippen LogP contribution in [0.4, 0.5) is 5.69 Å². The highest BCUT2D eigenvalue weighted by Crippen LogP contribution is 2.40. The molecular formula is C15H20N2O3. The normalized spacial score (nSPS) is 31.9. The maximum Gasteiger partial charge on any atom is 0.329 e. The number of nitrogens with zero attached hydrogens (tertiary/aromatic N) is 1. The number of aliphatic carboxylic acids is 1. The average molecular weight is 276 g/mol. The van der Waals surface area contributed by atoms with Crippen LogP contribution in [0.3, 0.4) is 0 Å². The van der Waals surface area contributed by atoms with Crippen molar-refractivity contribution in [3.05, 3.63) is 24.3 Å².